The van der Waals surface area contributed by atoms with Crippen molar-refractivity contribution in [3.05, 3.63) is 53.9 Å². The maximum Gasteiger partial charge on any atom is 0.272 e. The van der Waals surface area contributed by atoms with Crippen molar-refractivity contribution in [2.75, 3.05) is 20.3 Å². The molecule has 1 aromatic carbocycles. The highest BCUT2D eigenvalue weighted by Gasteiger charge is 2.62. The first-order chi connectivity index (χ1) is 27.2. The summed E-state index contributed by atoms with van der Waals surface area (Å²) < 4.78 is 47.3. The molecule has 57 heavy (non-hydrogen) atoms. The predicted molar refractivity (Wildman–Crippen MR) is 210 cm³/mol. The Hall–Kier alpha value is -4.99. The van der Waals surface area contributed by atoms with Crippen molar-refractivity contribution < 1.29 is 41.8 Å². The van der Waals surface area contributed by atoms with Gasteiger partial charge in [0.15, 0.2) is 5.78 Å². The van der Waals surface area contributed by atoms with Gasteiger partial charge >= 0.3 is 0 Å². The number of carbonyl (C=O) groups is 4. The van der Waals surface area contributed by atoms with Crippen LogP contribution in [0.3, 0.4) is 0 Å². The van der Waals surface area contributed by atoms with Gasteiger partial charge in [-0.3, -0.25) is 28.6 Å². The van der Waals surface area contributed by atoms with Crippen molar-refractivity contribution in [2.45, 2.75) is 108 Å². The van der Waals surface area contributed by atoms with Gasteiger partial charge in [0.05, 0.1) is 42.0 Å². The molecule has 16 heteroatoms. The van der Waals surface area contributed by atoms with Gasteiger partial charge in [-0.15, -0.1) is 0 Å². The molecule has 5 atom stereocenters. The molecule has 7 rings (SSSR count). The number of aryl methyl sites for hydroxylation is 2. The lowest BCUT2D eigenvalue weighted by Gasteiger charge is -2.29. The van der Waals surface area contributed by atoms with Crippen LogP contribution in [0.2, 0.25) is 0 Å². The Bertz CT molecular complexity index is 2220. The van der Waals surface area contributed by atoms with E-state index in [9.17, 15) is 27.6 Å². The molecule has 2 N–H and O–H groups in total. The fourth-order valence-corrected chi connectivity index (χ4v) is 9.47. The summed E-state index contributed by atoms with van der Waals surface area (Å²) >= 11 is 0. The molecule has 15 nitrogen and oxygen atoms in total. The number of fused-ring (bicyclic) bond motifs is 3. The summed E-state index contributed by atoms with van der Waals surface area (Å²) in [6, 6.07) is 4.93. The summed E-state index contributed by atoms with van der Waals surface area (Å²) in [6.07, 6.45) is 9.20. The van der Waals surface area contributed by atoms with E-state index in [-0.39, 0.29) is 36.8 Å². The van der Waals surface area contributed by atoms with Crippen LogP contribution in [-0.2, 0) is 31.5 Å². The molecule has 2 aliphatic carbocycles. The largest absolute Gasteiger partial charge is 0.496 e. The first kappa shape index (κ1) is 40.2. The molecule has 0 bridgehead atoms. The minimum absolute atomic E-state index is 0.0172. The maximum atomic E-state index is 14.7. The Kier molecular flexibility index (Phi) is 11.1. The van der Waals surface area contributed by atoms with Gasteiger partial charge in [-0.1, -0.05) is 25.0 Å². The van der Waals surface area contributed by atoms with Crippen molar-refractivity contribution in [1.82, 2.24) is 29.7 Å². The number of rotatable bonds is 10. The number of hydrogen-bond donors (Lipinski definition) is 2. The van der Waals surface area contributed by atoms with Crippen LogP contribution in [0.1, 0.15) is 94.1 Å². The van der Waals surface area contributed by atoms with E-state index in [0.717, 1.165) is 18.4 Å². The highest BCUT2D eigenvalue weighted by Crippen LogP contribution is 2.57. The summed E-state index contributed by atoms with van der Waals surface area (Å²) in [6.45, 7) is 5.73. The number of hydrogen-bond acceptors (Lipinski definition) is 11. The molecule has 3 amide bonds. The highest BCUT2D eigenvalue weighted by molar-refractivity contribution is 7.91. The number of Topliss-reactive ketones (excluding diaryl/α,β-unsaturated/α-hetero) is 1. The van der Waals surface area contributed by atoms with Gasteiger partial charge in [0.1, 0.15) is 29.3 Å². The first-order valence-electron chi connectivity index (χ1n) is 19.8. The molecule has 2 aliphatic heterocycles. The van der Waals surface area contributed by atoms with E-state index in [1.165, 1.54) is 9.58 Å². The molecule has 4 aliphatic rings. The van der Waals surface area contributed by atoms with Gasteiger partial charge in [-0.05, 0) is 83.4 Å². The summed E-state index contributed by atoms with van der Waals surface area (Å²) in [7, 11) is -0.686. The third kappa shape index (κ3) is 8.10. The Labute approximate surface area is 332 Å². The lowest BCUT2D eigenvalue weighted by molar-refractivity contribution is -0.140. The molecule has 1 saturated heterocycles. The second-order valence-corrected chi connectivity index (χ2v) is 18.3. The predicted octanol–water partition coefficient (Wildman–Crippen LogP) is 4.32. The number of ketones is 1. The Morgan fingerprint density at radius 1 is 1.09 bits per heavy atom. The molecule has 0 spiro atoms. The second-order valence-electron chi connectivity index (χ2n) is 16.1. The minimum atomic E-state index is -3.96. The normalized spacial score (nSPS) is 26.6. The lowest BCUT2D eigenvalue weighted by Crippen LogP contribution is -2.52. The fourth-order valence-electron chi connectivity index (χ4n) is 8.13. The summed E-state index contributed by atoms with van der Waals surface area (Å²) in [5.74, 6) is -0.932. The quantitative estimate of drug-likeness (QED) is 0.278. The number of methoxy groups -OCH3 is 1. The molecule has 306 valence electrons. The van der Waals surface area contributed by atoms with Crippen LogP contribution < -0.4 is 24.2 Å². The number of benzene rings is 1. The molecule has 3 fully saturated rings. The number of nitrogens with one attached hydrogen (secondary N) is 2. The maximum absolute atomic E-state index is 14.7. The summed E-state index contributed by atoms with van der Waals surface area (Å²) in [5.41, 5.74) is 0.275. The van der Waals surface area contributed by atoms with Crippen molar-refractivity contribution in [3.63, 3.8) is 0 Å². The van der Waals surface area contributed by atoms with Crippen LogP contribution in [0.4, 0.5) is 0 Å². The average molecular weight is 805 g/mol. The van der Waals surface area contributed by atoms with E-state index in [2.05, 4.69) is 15.1 Å². The topological polar surface area (TPSA) is 188 Å². The third-order valence-corrected chi connectivity index (χ3v) is 14.2. The Balaban J connectivity index is 1.23. The Morgan fingerprint density at radius 2 is 1.88 bits per heavy atom. The average Bonchev–Trinajstić information content (AvgIpc) is 3.97. The van der Waals surface area contributed by atoms with Gasteiger partial charge in [-0.25, -0.2) is 13.4 Å². The summed E-state index contributed by atoms with van der Waals surface area (Å²) in [4.78, 5) is 63.0. The van der Waals surface area contributed by atoms with Crippen LogP contribution in [0, 0.1) is 18.3 Å². The Morgan fingerprint density at radius 3 is 2.58 bits per heavy atom. The zero-order valence-corrected chi connectivity index (χ0v) is 34.0. The van der Waals surface area contributed by atoms with E-state index < -0.39 is 56.1 Å². The van der Waals surface area contributed by atoms with Crippen LogP contribution >= 0.6 is 0 Å². The van der Waals surface area contributed by atoms with E-state index in [1.54, 1.807) is 39.4 Å². The second kappa shape index (κ2) is 15.7. The van der Waals surface area contributed by atoms with Crippen molar-refractivity contribution in [1.29, 1.82) is 0 Å². The van der Waals surface area contributed by atoms with Gasteiger partial charge in [0.2, 0.25) is 27.7 Å². The standard InChI is InChI=1S/C41H52N6O9S/c1-6-55-35-21-34(28-14-15-33(54-5)25(2)36(28)43-35)56-27-20-31-32(48)23-41(39(51)45-57(52,53)40(3)17-18-40)22-26(41)12-10-8-7-9-11-13-30(38(50)47(31)24-27)42-37(49)29-16-19-46(4)44-29/h10,12,14-16,19,21,26-27,30-31H,6-9,11,13,17-18,20,22-24H2,1-5H3,(H,42,49)(H,45,51)/b12-10-/t26-,27+,30-,31-,41+/m0/s1. The van der Waals surface area contributed by atoms with Gasteiger partial charge in [0, 0.05) is 43.1 Å². The van der Waals surface area contributed by atoms with Crippen LogP contribution in [0.25, 0.3) is 10.9 Å². The number of ether oxygens (including phenoxy) is 3. The van der Waals surface area contributed by atoms with Crippen molar-refractivity contribution in [3.8, 4) is 17.4 Å². The third-order valence-electron chi connectivity index (χ3n) is 12.0. The number of nitrogens with zero attached hydrogens (tertiary/aromatic N) is 4. The fraction of sp³-hybridized carbons (Fsp3) is 0.561. The van der Waals surface area contributed by atoms with Crippen molar-refractivity contribution in [2.24, 2.45) is 18.4 Å². The van der Waals surface area contributed by atoms with E-state index >= 15 is 0 Å². The molecule has 4 heterocycles. The van der Waals surface area contributed by atoms with Gasteiger partial charge < -0.3 is 24.4 Å². The number of aromatic nitrogens is 3. The number of allylic oxidation sites excluding steroid dienone is 2. The number of amides is 3. The smallest absolute Gasteiger partial charge is 0.272 e. The van der Waals surface area contributed by atoms with Gasteiger partial charge in [0.25, 0.3) is 5.91 Å². The van der Waals surface area contributed by atoms with Crippen LogP contribution in [-0.4, -0.2) is 94.8 Å². The molecule has 2 saturated carbocycles. The molecular formula is C41H52N6O9S. The molecule has 0 unspecified atom stereocenters. The number of sulfonamides is 1. The number of carbonyl (C=O) groups excluding carboxylic acids is 4. The van der Waals surface area contributed by atoms with E-state index in [0.29, 0.717) is 73.4 Å². The van der Waals surface area contributed by atoms with E-state index in [1.807, 2.05) is 38.1 Å². The monoisotopic (exact) mass is 804 g/mol. The van der Waals surface area contributed by atoms with Gasteiger partial charge in [-0.2, -0.15) is 5.10 Å². The molecule has 0 radical (unpaired) electrons. The lowest BCUT2D eigenvalue weighted by atomic mass is 9.91. The SMILES string of the molecule is CCOc1cc(O[C@@H]2C[C@H]3C(=O)C[C@]4(C(=O)NS(=O)(=O)C5(C)CC5)C[C@@H]4/C=C\CCCCC[C@H](NC(=O)c4ccn(C)n4)C(=O)N3C2)c2ccc(OC)c(C)c2n1. The zero-order chi connectivity index (χ0) is 40.7. The molecule has 2 aromatic heterocycles. The molecule has 3 aromatic rings. The minimum Gasteiger partial charge on any atom is -0.496 e. The zero-order valence-electron chi connectivity index (χ0n) is 33.2. The van der Waals surface area contributed by atoms with E-state index in [4.69, 9.17) is 19.2 Å². The highest BCUT2D eigenvalue weighted by atomic mass is 32.2. The van der Waals surface area contributed by atoms with Crippen molar-refractivity contribution >= 4 is 44.4 Å². The van der Waals surface area contributed by atoms with Crippen LogP contribution in [0.5, 0.6) is 17.4 Å². The molecular weight excluding hydrogens is 753 g/mol. The first-order valence-corrected chi connectivity index (χ1v) is 21.3. The summed E-state index contributed by atoms with van der Waals surface area (Å²) in [5, 5.41) is 7.79. The number of pyridine rings is 1. The van der Waals surface area contributed by atoms with Crippen LogP contribution in [0.15, 0.2) is 42.6 Å².